The number of amides is 1. The summed E-state index contributed by atoms with van der Waals surface area (Å²) in [6, 6.07) is 0.357. The maximum absolute atomic E-state index is 12.3. The third kappa shape index (κ3) is 4.78. The van der Waals surface area contributed by atoms with Crippen molar-refractivity contribution in [1.29, 1.82) is 0 Å². The SMILES string of the molecule is CC(C)NCCC(=O)N(C)C1(CC(=O)O)CCCCC1. The monoisotopic (exact) mass is 284 g/mol. The number of hydrogen-bond acceptors (Lipinski definition) is 3. The van der Waals surface area contributed by atoms with Crippen molar-refractivity contribution in [2.75, 3.05) is 13.6 Å². The summed E-state index contributed by atoms with van der Waals surface area (Å²) >= 11 is 0. The van der Waals surface area contributed by atoms with E-state index in [1.165, 1.54) is 0 Å². The number of nitrogens with zero attached hydrogens (tertiary/aromatic N) is 1. The molecule has 0 radical (unpaired) electrons. The van der Waals surface area contributed by atoms with Gasteiger partial charge in [0.05, 0.1) is 12.0 Å². The minimum absolute atomic E-state index is 0.0429. The Bertz CT molecular complexity index is 336. The first-order valence-electron chi connectivity index (χ1n) is 7.59. The van der Waals surface area contributed by atoms with Crippen molar-refractivity contribution in [2.24, 2.45) is 0 Å². The van der Waals surface area contributed by atoms with E-state index < -0.39 is 11.5 Å². The molecule has 1 aliphatic carbocycles. The molecular weight excluding hydrogens is 256 g/mol. The third-order valence-electron chi connectivity index (χ3n) is 4.24. The fourth-order valence-electron chi connectivity index (χ4n) is 3.02. The summed E-state index contributed by atoms with van der Waals surface area (Å²) in [5.41, 5.74) is -0.473. The summed E-state index contributed by atoms with van der Waals surface area (Å²) in [5.74, 6) is -0.770. The quantitative estimate of drug-likeness (QED) is 0.750. The van der Waals surface area contributed by atoms with Gasteiger partial charge in [-0.2, -0.15) is 0 Å². The van der Waals surface area contributed by atoms with Crippen molar-refractivity contribution in [1.82, 2.24) is 10.2 Å². The summed E-state index contributed by atoms with van der Waals surface area (Å²) in [7, 11) is 1.77. The average Bonchev–Trinajstić information content (AvgIpc) is 2.37. The highest BCUT2D eigenvalue weighted by Crippen LogP contribution is 2.36. The van der Waals surface area contributed by atoms with Crippen molar-refractivity contribution >= 4 is 11.9 Å². The lowest BCUT2D eigenvalue weighted by molar-refractivity contribution is -0.145. The van der Waals surface area contributed by atoms with Crippen LogP contribution in [0.3, 0.4) is 0 Å². The highest BCUT2D eigenvalue weighted by atomic mass is 16.4. The molecule has 0 atom stereocenters. The molecular formula is C15H28N2O3. The van der Waals surface area contributed by atoms with E-state index in [-0.39, 0.29) is 12.3 Å². The Kier molecular flexibility index (Phi) is 6.46. The van der Waals surface area contributed by atoms with Crippen LogP contribution in [0.2, 0.25) is 0 Å². The molecule has 0 unspecified atom stereocenters. The molecule has 0 aromatic rings. The standard InChI is InChI=1S/C15H28N2O3/c1-12(2)16-10-7-13(18)17(3)15(11-14(19)20)8-5-4-6-9-15/h12,16H,4-11H2,1-3H3,(H,19,20). The molecule has 0 saturated heterocycles. The molecule has 0 heterocycles. The summed E-state index contributed by atoms with van der Waals surface area (Å²) in [6.45, 7) is 4.73. The summed E-state index contributed by atoms with van der Waals surface area (Å²) < 4.78 is 0. The second-order valence-electron chi connectivity index (χ2n) is 6.17. The number of aliphatic carboxylic acids is 1. The van der Waals surface area contributed by atoms with Crippen LogP contribution in [0.15, 0.2) is 0 Å². The van der Waals surface area contributed by atoms with E-state index in [4.69, 9.17) is 5.11 Å². The zero-order valence-electron chi connectivity index (χ0n) is 12.9. The molecule has 1 saturated carbocycles. The number of carboxylic acid groups (broad SMARTS) is 1. The molecule has 0 aliphatic heterocycles. The van der Waals surface area contributed by atoms with Crippen molar-refractivity contribution in [3.8, 4) is 0 Å². The Morgan fingerprint density at radius 3 is 2.35 bits per heavy atom. The molecule has 1 aliphatic rings. The minimum atomic E-state index is -0.813. The summed E-state index contributed by atoms with van der Waals surface area (Å²) in [6.07, 6.45) is 5.25. The van der Waals surface area contributed by atoms with Crippen LogP contribution in [0.25, 0.3) is 0 Å². The van der Waals surface area contributed by atoms with Gasteiger partial charge in [0.15, 0.2) is 0 Å². The molecule has 0 bridgehead atoms. The van der Waals surface area contributed by atoms with Gasteiger partial charge in [-0.25, -0.2) is 0 Å². The molecule has 116 valence electrons. The maximum Gasteiger partial charge on any atom is 0.305 e. The van der Waals surface area contributed by atoms with E-state index in [1.54, 1.807) is 11.9 Å². The minimum Gasteiger partial charge on any atom is -0.481 e. The lowest BCUT2D eigenvalue weighted by Crippen LogP contribution is -2.52. The highest BCUT2D eigenvalue weighted by molar-refractivity contribution is 5.78. The molecule has 5 heteroatoms. The predicted molar refractivity (Wildman–Crippen MR) is 78.6 cm³/mol. The van der Waals surface area contributed by atoms with Gasteiger partial charge in [0.25, 0.3) is 0 Å². The van der Waals surface area contributed by atoms with Gasteiger partial charge >= 0.3 is 5.97 Å². The zero-order chi connectivity index (χ0) is 15.2. The van der Waals surface area contributed by atoms with Crippen LogP contribution in [0.1, 0.15) is 58.8 Å². The molecule has 0 spiro atoms. The van der Waals surface area contributed by atoms with E-state index in [9.17, 15) is 9.59 Å². The molecule has 0 aromatic carbocycles. The van der Waals surface area contributed by atoms with Gasteiger partial charge in [-0.05, 0) is 12.8 Å². The van der Waals surface area contributed by atoms with Crippen molar-refractivity contribution in [3.05, 3.63) is 0 Å². The second-order valence-corrected chi connectivity index (χ2v) is 6.17. The second kappa shape index (κ2) is 7.62. The van der Waals surface area contributed by atoms with Crippen molar-refractivity contribution in [2.45, 2.75) is 70.4 Å². The maximum atomic E-state index is 12.3. The fraction of sp³-hybridized carbons (Fsp3) is 0.867. The smallest absolute Gasteiger partial charge is 0.305 e. The molecule has 1 amide bonds. The van der Waals surface area contributed by atoms with Crippen LogP contribution in [0.4, 0.5) is 0 Å². The zero-order valence-corrected chi connectivity index (χ0v) is 12.9. The van der Waals surface area contributed by atoms with Crippen LogP contribution in [-0.4, -0.2) is 47.1 Å². The number of rotatable bonds is 7. The van der Waals surface area contributed by atoms with Crippen LogP contribution < -0.4 is 5.32 Å². The van der Waals surface area contributed by atoms with Gasteiger partial charge in [-0.1, -0.05) is 33.1 Å². The number of hydrogen-bond donors (Lipinski definition) is 2. The first kappa shape index (κ1) is 17.0. The van der Waals surface area contributed by atoms with Gasteiger partial charge in [0.2, 0.25) is 5.91 Å². The molecule has 2 N–H and O–H groups in total. The lowest BCUT2D eigenvalue weighted by atomic mass is 9.78. The Labute approximate surface area is 121 Å². The Hall–Kier alpha value is -1.10. The normalized spacial score (nSPS) is 18.0. The third-order valence-corrected chi connectivity index (χ3v) is 4.24. The average molecular weight is 284 g/mol. The number of carbonyl (C=O) groups excluding carboxylic acids is 1. The van der Waals surface area contributed by atoms with Crippen LogP contribution in [0, 0.1) is 0 Å². The largest absolute Gasteiger partial charge is 0.481 e. The van der Waals surface area contributed by atoms with Crippen molar-refractivity contribution < 1.29 is 14.7 Å². The lowest BCUT2D eigenvalue weighted by Gasteiger charge is -2.44. The topological polar surface area (TPSA) is 69.6 Å². The van der Waals surface area contributed by atoms with Gasteiger partial charge in [-0.3, -0.25) is 9.59 Å². The van der Waals surface area contributed by atoms with Crippen LogP contribution in [0.5, 0.6) is 0 Å². The first-order valence-corrected chi connectivity index (χ1v) is 7.59. The molecule has 0 aromatic heterocycles. The molecule has 1 rings (SSSR count). The van der Waals surface area contributed by atoms with E-state index >= 15 is 0 Å². The first-order chi connectivity index (χ1) is 9.37. The van der Waals surface area contributed by atoms with Crippen LogP contribution in [-0.2, 0) is 9.59 Å². The summed E-state index contributed by atoms with van der Waals surface area (Å²) in [4.78, 5) is 25.2. The number of carbonyl (C=O) groups is 2. The number of nitrogens with one attached hydrogen (secondary N) is 1. The van der Waals surface area contributed by atoms with E-state index in [1.807, 2.05) is 13.8 Å². The van der Waals surface area contributed by atoms with Crippen LogP contribution >= 0.6 is 0 Å². The predicted octanol–water partition coefficient (Wildman–Crippen LogP) is 2.01. The Balaban J connectivity index is 2.64. The van der Waals surface area contributed by atoms with Gasteiger partial charge in [-0.15, -0.1) is 0 Å². The van der Waals surface area contributed by atoms with Gasteiger partial charge < -0.3 is 15.3 Å². The molecule has 20 heavy (non-hydrogen) atoms. The number of carboxylic acids is 1. The summed E-state index contributed by atoms with van der Waals surface area (Å²) in [5, 5.41) is 12.4. The van der Waals surface area contributed by atoms with E-state index in [2.05, 4.69) is 5.32 Å². The Morgan fingerprint density at radius 1 is 1.25 bits per heavy atom. The highest BCUT2D eigenvalue weighted by Gasteiger charge is 2.40. The van der Waals surface area contributed by atoms with Gasteiger partial charge in [0.1, 0.15) is 0 Å². The van der Waals surface area contributed by atoms with E-state index in [0.717, 1.165) is 32.1 Å². The Morgan fingerprint density at radius 2 is 1.85 bits per heavy atom. The fourth-order valence-corrected chi connectivity index (χ4v) is 3.02. The van der Waals surface area contributed by atoms with E-state index in [0.29, 0.717) is 19.0 Å². The molecule has 1 fully saturated rings. The molecule has 5 nitrogen and oxygen atoms in total. The van der Waals surface area contributed by atoms with Gasteiger partial charge in [0, 0.05) is 26.1 Å². The van der Waals surface area contributed by atoms with Crippen molar-refractivity contribution in [3.63, 3.8) is 0 Å².